The van der Waals surface area contributed by atoms with Gasteiger partial charge in [0.1, 0.15) is 0 Å². The van der Waals surface area contributed by atoms with Crippen molar-refractivity contribution in [2.75, 3.05) is 6.61 Å². The molecule has 0 spiro atoms. The molecule has 1 aliphatic carbocycles. The third kappa shape index (κ3) is 5.82. The van der Waals surface area contributed by atoms with E-state index in [9.17, 15) is 4.79 Å². The third-order valence-corrected chi connectivity index (χ3v) is 4.69. The summed E-state index contributed by atoms with van der Waals surface area (Å²) in [5.74, 6) is 0.747. The number of rotatable bonds is 8. The third-order valence-electron chi connectivity index (χ3n) is 4.69. The maximum absolute atomic E-state index is 12.0. The predicted molar refractivity (Wildman–Crippen MR) is 91.1 cm³/mol. The Morgan fingerprint density at radius 2 is 1.82 bits per heavy atom. The van der Waals surface area contributed by atoms with Crippen LogP contribution in [0.2, 0.25) is 0 Å². The zero-order valence-corrected chi connectivity index (χ0v) is 14.0. The molecule has 122 valence electrons. The van der Waals surface area contributed by atoms with Gasteiger partial charge in [-0.25, -0.2) is 4.79 Å². The van der Waals surface area contributed by atoms with Gasteiger partial charge in [0.25, 0.3) is 0 Å². The number of hydrogen-bond donors (Lipinski definition) is 0. The normalized spacial score (nSPS) is 15.7. The number of unbranched alkanes of at least 4 members (excludes halogenated alkanes) is 1. The highest BCUT2D eigenvalue weighted by Gasteiger charge is 2.13. The Balaban J connectivity index is 1.60. The quantitative estimate of drug-likeness (QED) is 0.465. The van der Waals surface area contributed by atoms with Gasteiger partial charge in [0.15, 0.2) is 0 Å². The molecule has 1 fully saturated rings. The van der Waals surface area contributed by atoms with Crippen LogP contribution in [0.4, 0.5) is 0 Å². The van der Waals surface area contributed by atoms with E-state index in [1.165, 1.54) is 50.5 Å². The second kappa shape index (κ2) is 9.66. The standard InChI is InChI=1S/C20H30O2/c1-2-8-17-12-14-19(15-13-17)20(21)22-16-7-6-11-18-9-4-3-5-10-18/h12-15,18H,2-11,16H2,1H3. The Morgan fingerprint density at radius 1 is 1.09 bits per heavy atom. The van der Waals surface area contributed by atoms with Crippen LogP contribution in [-0.4, -0.2) is 12.6 Å². The zero-order valence-electron chi connectivity index (χ0n) is 14.0. The molecule has 22 heavy (non-hydrogen) atoms. The lowest BCUT2D eigenvalue weighted by molar-refractivity contribution is 0.0496. The average Bonchev–Trinajstić information content (AvgIpc) is 2.56. The van der Waals surface area contributed by atoms with Crippen molar-refractivity contribution in [3.8, 4) is 0 Å². The minimum atomic E-state index is -0.180. The van der Waals surface area contributed by atoms with Crippen LogP contribution < -0.4 is 0 Å². The maximum atomic E-state index is 12.0. The largest absolute Gasteiger partial charge is 0.462 e. The molecule has 0 N–H and O–H groups in total. The molecule has 0 saturated heterocycles. The fraction of sp³-hybridized carbons (Fsp3) is 0.650. The minimum absolute atomic E-state index is 0.180. The van der Waals surface area contributed by atoms with E-state index in [0.717, 1.165) is 25.2 Å². The van der Waals surface area contributed by atoms with Gasteiger partial charge in [-0.2, -0.15) is 0 Å². The smallest absolute Gasteiger partial charge is 0.338 e. The molecule has 0 amide bonds. The Morgan fingerprint density at radius 3 is 2.50 bits per heavy atom. The lowest BCUT2D eigenvalue weighted by Crippen LogP contribution is -2.08. The van der Waals surface area contributed by atoms with Gasteiger partial charge < -0.3 is 4.74 Å². The number of hydrogen-bond acceptors (Lipinski definition) is 2. The lowest BCUT2D eigenvalue weighted by atomic mass is 9.86. The zero-order chi connectivity index (χ0) is 15.6. The Labute approximate surface area is 135 Å². The van der Waals surface area contributed by atoms with Gasteiger partial charge in [-0.15, -0.1) is 0 Å². The van der Waals surface area contributed by atoms with Gasteiger partial charge in [0.05, 0.1) is 12.2 Å². The topological polar surface area (TPSA) is 26.3 Å². The van der Waals surface area contributed by atoms with Crippen LogP contribution in [0.3, 0.4) is 0 Å². The van der Waals surface area contributed by atoms with E-state index in [2.05, 4.69) is 6.92 Å². The summed E-state index contributed by atoms with van der Waals surface area (Å²) in [5.41, 5.74) is 1.96. The highest BCUT2D eigenvalue weighted by atomic mass is 16.5. The molecule has 2 heteroatoms. The van der Waals surface area contributed by atoms with Crippen molar-refractivity contribution in [2.45, 2.75) is 71.1 Å². The molecule has 1 aromatic rings. The van der Waals surface area contributed by atoms with Crippen molar-refractivity contribution < 1.29 is 9.53 Å². The predicted octanol–water partition coefficient (Wildman–Crippen LogP) is 5.55. The molecule has 1 saturated carbocycles. The van der Waals surface area contributed by atoms with Crippen LogP contribution in [0.15, 0.2) is 24.3 Å². The number of esters is 1. The number of aryl methyl sites for hydroxylation is 1. The molecule has 0 radical (unpaired) electrons. The van der Waals surface area contributed by atoms with Gasteiger partial charge >= 0.3 is 5.97 Å². The first-order chi connectivity index (χ1) is 10.8. The van der Waals surface area contributed by atoms with Gasteiger partial charge in [-0.05, 0) is 42.9 Å². The number of carbonyl (C=O) groups is 1. The fourth-order valence-corrected chi connectivity index (χ4v) is 3.36. The van der Waals surface area contributed by atoms with Crippen LogP contribution in [0.5, 0.6) is 0 Å². The first-order valence-corrected chi connectivity index (χ1v) is 9.05. The molecule has 0 aliphatic heterocycles. The molecule has 0 unspecified atom stereocenters. The van der Waals surface area contributed by atoms with Gasteiger partial charge in [0, 0.05) is 0 Å². The number of ether oxygens (including phenoxy) is 1. The maximum Gasteiger partial charge on any atom is 0.338 e. The SMILES string of the molecule is CCCc1ccc(C(=O)OCCCCC2CCCCC2)cc1. The molecular weight excluding hydrogens is 272 g/mol. The molecule has 0 aromatic heterocycles. The lowest BCUT2D eigenvalue weighted by Gasteiger charge is -2.21. The summed E-state index contributed by atoms with van der Waals surface area (Å²) in [4.78, 5) is 12.0. The summed E-state index contributed by atoms with van der Waals surface area (Å²) in [5, 5.41) is 0. The van der Waals surface area contributed by atoms with Crippen LogP contribution in [0.25, 0.3) is 0 Å². The van der Waals surface area contributed by atoms with Crippen LogP contribution in [0.1, 0.15) is 80.6 Å². The molecule has 1 aromatic carbocycles. The van der Waals surface area contributed by atoms with Gasteiger partial charge in [-0.1, -0.05) is 64.0 Å². The molecule has 2 rings (SSSR count). The van der Waals surface area contributed by atoms with Crippen molar-refractivity contribution in [3.05, 3.63) is 35.4 Å². The molecule has 2 nitrogen and oxygen atoms in total. The Bertz CT molecular complexity index is 430. The van der Waals surface area contributed by atoms with Crippen LogP contribution in [-0.2, 0) is 11.2 Å². The first-order valence-electron chi connectivity index (χ1n) is 9.05. The molecule has 0 heterocycles. The van der Waals surface area contributed by atoms with Crippen LogP contribution in [0, 0.1) is 5.92 Å². The van der Waals surface area contributed by atoms with Crippen molar-refractivity contribution in [1.82, 2.24) is 0 Å². The summed E-state index contributed by atoms with van der Waals surface area (Å²) in [6.07, 6.45) is 12.7. The van der Waals surface area contributed by atoms with E-state index < -0.39 is 0 Å². The summed E-state index contributed by atoms with van der Waals surface area (Å²) in [6.45, 7) is 2.72. The van der Waals surface area contributed by atoms with E-state index >= 15 is 0 Å². The Kier molecular flexibility index (Phi) is 7.48. The number of carbonyl (C=O) groups excluding carboxylic acids is 1. The van der Waals surface area contributed by atoms with E-state index in [1.807, 2.05) is 24.3 Å². The van der Waals surface area contributed by atoms with Crippen LogP contribution >= 0.6 is 0 Å². The monoisotopic (exact) mass is 302 g/mol. The van der Waals surface area contributed by atoms with Crippen molar-refractivity contribution in [3.63, 3.8) is 0 Å². The first kappa shape index (κ1) is 17.1. The average molecular weight is 302 g/mol. The number of benzene rings is 1. The summed E-state index contributed by atoms with van der Waals surface area (Å²) in [7, 11) is 0. The Hall–Kier alpha value is -1.31. The highest BCUT2D eigenvalue weighted by Crippen LogP contribution is 2.27. The fourth-order valence-electron chi connectivity index (χ4n) is 3.36. The molecule has 1 aliphatic rings. The molecular formula is C20H30O2. The van der Waals surface area contributed by atoms with Crippen molar-refractivity contribution in [2.24, 2.45) is 5.92 Å². The summed E-state index contributed by atoms with van der Waals surface area (Å²) < 4.78 is 5.38. The van der Waals surface area contributed by atoms with E-state index in [4.69, 9.17) is 4.74 Å². The van der Waals surface area contributed by atoms with E-state index in [0.29, 0.717) is 12.2 Å². The van der Waals surface area contributed by atoms with Crippen molar-refractivity contribution in [1.29, 1.82) is 0 Å². The van der Waals surface area contributed by atoms with Gasteiger partial charge in [-0.3, -0.25) is 0 Å². The molecule has 0 bridgehead atoms. The van der Waals surface area contributed by atoms with E-state index in [-0.39, 0.29) is 5.97 Å². The second-order valence-corrected chi connectivity index (χ2v) is 6.58. The minimum Gasteiger partial charge on any atom is -0.462 e. The van der Waals surface area contributed by atoms with E-state index in [1.54, 1.807) is 0 Å². The van der Waals surface area contributed by atoms with Gasteiger partial charge in [0.2, 0.25) is 0 Å². The summed E-state index contributed by atoms with van der Waals surface area (Å²) in [6, 6.07) is 7.83. The summed E-state index contributed by atoms with van der Waals surface area (Å²) >= 11 is 0. The molecule has 0 atom stereocenters. The van der Waals surface area contributed by atoms with Crippen molar-refractivity contribution >= 4 is 5.97 Å². The second-order valence-electron chi connectivity index (χ2n) is 6.58. The highest BCUT2D eigenvalue weighted by molar-refractivity contribution is 5.89.